The van der Waals surface area contributed by atoms with Gasteiger partial charge in [0.1, 0.15) is 0 Å². The molecule has 0 aliphatic heterocycles. The molecule has 2 heterocycles. The molecule has 3 nitrogen and oxygen atoms in total. The maximum absolute atomic E-state index is 10.2. The highest BCUT2D eigenvalue weighted by Crippen LogP contribution is 2.23. The summed E-state index contributed by atoms with van der Waals surface area (Å²) in [6, 6.07) is 10.00. The standard InChI is InChI=1S/C14H14N2OS/c1-10-6-11(8-18-10)14(17)7-16-9-15-12-4-2-3-5-13(12)16/h2-6,8-9,14,17H,7H2,1H3. The maximum atomic E-state index is 10.2. The minimum Gasteiger partial charge on any atom is -0.387 e. The van der Waals surface area contributed by atoms with Crippen molar-refractivity contribution in [1.82, 2.24) is 9.55 Å². The van der Waals surface area contributed by atoms with Crippen molar-refractivity contribution in [2.24, 2.45) is 0 Å². The first kappa shape index (κ1) is 11.4. The lowest BCUT2D eigenvalue weighted by Crippen LogP contribution is -2.06. The molecule has 0 fully saturated rings. The Balaban J connectivity index is 1.88. The van der Waals surface area contributed by atoms with Gasteiger partial charge in [0.2, 0.25) is 0 Å². The van der Waals surface area contributed by atoms with Crippen LogP contribution in [0.5, 0.6) is 0 Å². The smallest absolute Gasteiger partial charge is 0.0977 e. The summed E-state index contributed by atoms with van der Waals surface area (Å²) < 4.78 is 1.99. The molecule has 18 heavy (non-hydrogen) atoms. The number of para-hydroxylation sites is 2. The van der Waals surface area contributed by atoms with Crippen LogP contribution in [0.15, 0.2) is 42.0 Å². The number of aliphatic hydroxyl groups excluding tert-OH is 1. The van der Waals surface area contributed by atoms with Gasteiger partial charge >= 0.3 is 0 Å². The second-order valence-electron chi connectivity index (χ2n) is 4.39. The molecule has 0 saturated carbocycles. The summed E-state index contributed by atoms with van der Waals surface area (Å²) in [5.74, 6) is 0. The second-order valence-corrected chi connectivity index (χ2v) is 5.51. The average molecular weight is 258 g/mol. The third kappa shape index (κ3) is 2.05. The molecule has 0 amide bonds. The van der Waals surface area contributed by atoms with Gasteiger partial charge in [-0.15, -0.1) is 11.3 Å². The number of fused-ring (bicyclic) bond motifs is 1. The quantitative estimate of drug-likeness (QED) is 0.783. The molecule has 1 N–H and O–H groups in total. The Labute approximate surface area is 109 Å². The summed E-state index contributed by atoms with van der Waals surface area (Å²) in [5.41, 5.74) is 3.00. The van der Waals surface area contributed by atoms with Gasteiger partial charge in [0.05, 0.1) is 30.0 Å². The normalized spacial score (nSPS) is 13.0. The highest BCUT2D eigenvalue weighted by molar-refractivity contribution is 7.10. The van der Waals surface area contributed by atoms with Gasteiger partial charge in [-0.2, -0.15) is 0 Å². The first-order valence-corrected chi connectivity index (χ1v) is 6.75. The van der Waals surface area contributed by atoms with E-state index in [1.54, 1.807) is 17.7 Å². The lowest BCUT2D eigenvalue weighted by molar-refractivity contribution is 0.158. The minimum absolute atomic E-state index is 0.479. The number of benzene rings is 1. The molecule has 0 aliphatic rings. The summed E-state index contributed by atoms with van der Waals surface area (Å²) in [5, 5.41) is 12.2. The van der Waals surface area contributed by atoms with Gasteiger partial charge in [-0.05, 0) is 36.1 Å². The number of thiophene rings is 1. The molecule has 92 valence electrons. The molecular formula is C14H14N2OS. The van der Waals surface area contributed by atoms with Gasteiger partial charge < -0.3 is 9.67 Å². The molecule has 0 spiro atoms. The third-order valence-corrected chi connectivity index (χ3v) is 3.91. The zero-order chi connectivity index (χ0) is 12.5. The number of hydrogen-bond acceptors (Lipinski definition) is 3. The fraction of sp³-hybridized carbons (Fsp3) is 0.214. The van der Waals surface area contributed by atoms with E-state index in [1.165, 1.54) is 4.88 Å². The zero-order valence-corrected chi connectivity index (χ0v) is 10.9. The molecule has 3 rings (SSSR count). The Hall–Kier alpha value is -1.65. The highest BCUT2D eigenvalue weighted by atomic mass is 32.1. The van der Waals surface area contributed by atoms with Crippen LogP contribution in [0.4, 0.5) is 0 Å². The van der Waals surface area contributed by atoms with Gasteiger partial charge in [-0.1, -0.05) is 12.1 Å². The molecule has 1 aromatic carbocycles. The number of imidazole rings is 1. The molecule has 1 atom stereocenters. The monoisotopic (exact) mass is 258 g/mol. The summed E-state index contributed by atoms with van der Waals surface area (Å²) >= 11 is 1.66. The Morgan fingerprint density at radius 1 is 1.39 bits per heavy atom. The Morgan fingerprint density at radius 3 is 3.00 bits per heavy atom. The van der Waals surface area contributed by atoms with Crippen LogP contribution in [0.25, 0.3) is 11.0 Å². The fourth-order valence-electron chi connectivity index (χ4n) is 2.09. The van der Waals surface area contributed by atoms with Gasteiger partial charge in [-0.25, -0.2) is 4.98 Å². The van der Waals surface area contributed by atoms with Crippen LogP contribution in [-0.2, 0) is 6.54 Å². The molecule has 1 unspecified atom stereocenters. The van der Waals surface area contributed by atoms with E-state index in [1.807, 2.05) is 47.2 Å². The lowest BCUT2D eigenvalue weighted by Gasteiger charge is -2.10. The van der Waals surface area contributed by atoms with E-state index in [2.05, 4.69) is 4.98 Å². The van der Waals surface area contributed by atoms with Crippen LogP contribution < -0.4 is 0 Å². The van der Waals surface area contributed by atoms with Crippen LogP contribution >= 0.6 is 11.3 Å². The lowest BCUT2D eigenvalue weighted by atomic mass is 10.2. The van der Waals surface area contributed by atoms with Gasteiger partial charge in [-0.3, -0.25) is 0 Å². The van der Waals surface area contributed by atoms with Crippen molar-refractivity contribution in [3.63, 3.8) is 0 Å². The second kappa shape index (κ2) is 4.55. The van der Waals surface area contributed by atoms with E-state index >= 15 is 0 Å². The number of aryl methyl sites for hydroxylation is 1. The van der Waals surface area contributed by atoms with Crippen LogP contribution in [0, 0.1) is 6.92 Å². The average Bonchev–Trinajstić information content (AvgIpc) is 2.97. The first-order chi connectivity index (χ1) is 8.74. The molecule has 2 aromatic heterocycles. The summed E-state index contributed by atoms with van der Waals surface area (Å²) in [6.45, 7) is 2.59. The van der Waals surface area contributed by atoms with Gasteiger partial charge in [0.25, 0.3) is 0 Å². The Morgan fingerprint density at radius 2 is 2.22 bits per heavy atom. The van der Waals surface area contributed by atoms with Gasteiger partial charge in [0, 0.05) is 4.88 Å². The van der Waals surface area contributed by atoms with Crippen molar-refractivity contribution < 1.29 is 5.11 Å². The van der Waals surface area contributed by atoms with Crippen molar-refractivity contribution in [3.8, 4) is 0 Å². The SMILES string of the molecule is Cc1cc(C(O)Cn2cnc3ccccc32)cs1. The van der Waals surface area contributed by atoms with E-state index in [-0.39, 0.29) is 0 Å². The fourth-order valence-corrected chi connectivity index (χ4v) is 2.84. The van der Waals surface area contributed by atoms with Crippen LogP contribution in [0.2, 0.25) is 0 Å². The van der Waals surface area contributed by atoms with Crippen LogP contribution in [0.3, 0.4) is 0 Å². The van der Waals surface area contributed by atoms with Crippen molar-refractivity contribution in [2.45, 2.75) is 19.6 Å². The molecule has 4 heteroatoms. The predicted octanol–water partition coefficient (Wildman–Crippen LogP) is 3.14. The highest BCUT2D eigenvalue weighted by Gasteiger charge is 2.11. The van der Waals surface area contributed by atoms with E-state index in [0.717, 1.165) is 16.6 Å². The first-order valence-electron chi connectivity index (χ1n) is 5.87. The molecule has 0 aliphatic carbocycles. The summed E-state index contributed by atoms with van der Waals surface area (Å²) in [4.78, 5) is 5.55. The van der Waals surface area contributed by atoms with E-state index in [0.29, 0.717) is 6.54 Å². The van der Waals surface area contributed by atoms with Crippen molar-refractivity contribution in [3.05, 3.63) is 52.5 Å². The van der Waals surface area contributed by atoms with E-state index in [9.17, 15) is 5.11 Å². The van der Waals surface area contributed by atoms with Crippen LogP contribution in [0.1, 0.15) is 16.5 Å². The topological polar surface area (TPSA) is 38.0 Å². The van der Waals surface area contributed by atoms with Crippen molar-refractivity contribution >= 4 is 22.4 Å². The summed E-state index contributed by atoms with van der Waals surface area (Å²) in [6.07, 6.45) is 1.31. The number of aliphatic hydroxyl groups is 1. The molecule has 0 radical (unpaired) electrons. The van der Waals surface area contributed by atoms with Crippen LogP contribution in [-0.4, -0.2) is 14.7 Å². The Bertz CT molecular complexity index is 671. The molecule has 0 bridgehead atoms. The maximum Gasteiger partial charge on any atom is 0.0977 e. The molecule has 0 saturated heterocycles. The number of aromatic nitrogens is 2. The van der Waals surface area contributed by atoms with Crippen molar-refractivity contribution in [2.75, 3.05) is 0 Å². The predicted molar refractivity (Wildman–Crippen MR) is 73.7 cm³/mol. The molecule has 3 aromatic rings. The third-order valence-electron chi connectivity index (χ3n) is 3.03. The number of rotatable bonds is 3. The number of hydrogen-bond donors (Lipinski definition) is 1. The van der Waals surface area contributed by atoms with Gasteiger partial charge in [0.15, 0.2) is 0 Å². The Kier molecular flexibility index (Phi) is 2.89. The summed E-state index contributed by atoms with van der Waals surface area (Å²) in [7, 11) is 0. The molecular weight excluding hydrogens is 244 g/mol. The van der Waals surface area contributed by atoms with Crippen molar-refractivity contribution in [1.29, 1.82) is 0 Å². The zero-order valence-electron chi connectivity index (χ0n) is 10.1. The van der Waals surface area contributed by atoms with E-state index < -0.39 is 6.10 Å². The largest absolute Gasteiger partial charge is 0.387 e. The number of nitrogens with zero attached hydrogens (tertiary/aromatic N) is 2. The minimum atomic E-state index is -0.479. The van der Waals surface area contributed by atoms with E-state index in [4.69, 9.17) is 0 Å².